The van der Waals surface area contributed by atoms with E-state index in [4.69, 9.17) is 9.72 Å². The largest absolute Gasteiger partial charge is 0.377 e. The fourth-order valence-corrected chi connectivity index (χ4v) is 5.58. The van der Waals surface area contributed by atoms with Crippen molar-refractivity contribution in [1.29, 1.82) is 0 Å². The first-order valence-electron chi connectivity index (χ1n) is 11.0. The number of fused-ring (bicyclic) bond motifs is 2. The second kappa shape index (κ2) is 6.91. The van der Waals surface area contributed by atoms with Gasteiger partial charge in [-0.2, -0.15) is 5.10 Å². The highest BCUT2D eigenvalue weighted by atomic mass is 16.5. The molecule has 0 aromatic carbocycles. The van der Waals surface area contributed by atoms with Gasteiger partial charge in [0.1, 0.15) is 5.52 Å². The van der Waals surface area contributed by atoms with E-state index in [0.717, 1.165) is 55.3 Å². The van der Waals surface area contributed by atoms with Gasteiger partial charge in [-0.25, -0.2) is 9.50 Å². The lowest BCUT2D eigenvalue weighted by atomic mass is 9.76. The lowest BCUT2D eigenvalue weighted by Gasteiger charge is -2.40. The molecular formula is C24H27N5O. The standard InChI is InChI=1S/C24H27N5O/c1-17-22(18-5-13-30-14-6-18)29-21(4-10-26-29)23(27-17)28-11-7-24(8-12-28)15-19-3-2-9-25-20(19)16-24/h2-5,9-10H,6-8,11-16H2,1H3. The van der Waals surface area contributed by atoms with Crippen molar-refractivity contribution in [2.75, 3.05) is 31.2 Å². The predicted octanol–water partition coefficient (Wildman–Crippen LogP) is 3.62. The molecule has 5 heterocycles. The highest BCUT2D eigenvalue weighted by Crippen LogP contribution is 2.44. The van der Waals surface area contributed by atoms with Crippen LogP contribution < -0.4 is 4.90 Å². The Kier molecular flexibility index (Phi) is 4.16. The lowest BCUT2D eigenvalue weighted by Crippen LogP contribution is -2.41. The number of aromatic nitrogens is 4. The molecule has 1 aliphatic carbocycles. The first kappa shape index (κ1) is 18.1. The molecule has 0 N–H and O–H groups in total. The van der Waals surface area contributed by atoms with E-state index in [1.54, 1.807) is 0 Å². The van der Waals surface area contributed by atoms with E-state index >= 15 is 0 Å². The van der Waals surface area contributed by atoms with Gasteiger partial charge >= 0.3 is 0 Å². The van der Waals surface area contributed by atoms with Crippen LogP contribution in [0.4, 0.5) is 5.82 Å². The Morgan fingerprint density at radius 1 is 1.10 bits per heavy atom. The number of rotatable bonds is 2. The molecular weight excluding hydrogens is 374 g/mol. The number of piperidine rings is 1. The number of anilines is 1. The number of ether oxygens (including phenoxy) is 1. The lowest BCUT2D eigenvalue weighted by molar-refractivity contribution is 0.161. The van der Waals surface area contributed by atoms with Crippen molar-refractivity contribution in [2.45, 2.75) is 39.0 Å². The summed E-state index contributed by atoms with van der Waals surface area (Å²) in [5.74, 6) is 1.07. The molecule has 3 aromatic heterocycles. The quantitative estimate of drug-likeness (QED) is 0.656. The van der Waals surface area contributed by atoms with Crippen molar-refractivity contribution in [3.63, 3.8) is 0 Å². The van der Waals surface area contributed by atoms with Crippen LogP contribution in [-0.2, 0) is 17.6 Å². The minimum atomic E-state index is 0.381. The summed E-state index contributed by atoms with van der Waals surface area (Å²) in [6.07, 6.45) is 11.6. The molecule has 0 bridgehead atoms. The normalized spacial score (nSPS) is 20.6. The van der Waals surface area contributed by atoms with Crippen LogP contribution in [0.15, 0.2) is 36.7 Å². The van der Waals surface area contributed by atoms with Crippen molar-refractivity contribution < 1.29 is 4.74 Å². The molecule has 154 valence electrons. The van der Waals surface area contributed by atoms with E-state index < -0.39 is 0 Å². The maximum absolute atomic E-state index is 5.50. The van der Waals surface area contributed by atoms with Gasteiger partial charge in [-0.1, -0.05) is 12.1 Å². The van der Waals surface area contributed by atoms with E-state index in [9.17, 15) is 0 Å². The molecule has 0 unspecified atom stereocenters. The number of pyridine rings is 1. The third-order valence-electron chi connectivity index (χ3n) is 7.18. The predicted molar refractivity (Wildman–Crippen MR) is 117 cm³/mol. The van der Waals surface area contributed by atoms with E-state index in [1.807, 2.05) is 12.4 Å². The monoisotopic (exact) mass is 401 g/mol. The summed E-state index contributed by atoms with van der Waals surface area (Å²) in [7, 11) is 0. The Balaban J connectivity index is 1.29. The average molecular weight is 402 g/mol. The third-order valence-corrected chi connectivity index (χ3v) is 7.18. The smallest absolute Gasteiger partial charge is 0.155 e. The summed E-state index contributed by atoms with van der Waals surface area (Å²) in [4.78, 5) is 12.2. The fraction of sp³-hybridized carbons (Fsp3) is 0.458. The van der Waals surface area contributed by atoms with Crippen LogP contribution >= 0.6 is 0 Å². The maximum atomic E-state index is 5.50. The van der Waals surface area contributed by atoms with Gasteiger partial charge in [0.05, 0.1) is 30.8 Å². The Morgan fingerprint density at radius 3 is 2.80 bits per heavy atom. The van der Waals surface area contributed by atoms with Gasteiger partial charge in [0, 0.05) is 25.0 Å². The summed E-state index contributed by atoms with van der Waals surface area (Å²) in [6, 6.07) is 6.43. The van der Waals surface area contributed by atoms with Gasteiger partial charge in [0.2, 0.25) is 0 Å². The Morgan fingerprint density at radius 2 is 2.00 bits per heavy atom. The second-order valence-electron chi connectivity index (χ2n) is 9.00. The minimum absolute atomic E-state index is 0.381. The molecule has 6 heteroatoms. The zero-order valence-corrected chi connectivity index (χ0v) is 17.5. The molecule has 1 saturated heterocycles. The molecule has 1 fully saturated rings. The van der Waals surface area contributed by atoms with Gasteiger partial charge in [-0.15, -0.1) is 0 Å². The average Bonchev–Trinajstić information content (AvgIpc) is 3.39. The summed E-state index contributed by atoms with van der Waals surface area (Å²) >= 11 is 0. The van der Waals surface area contributed by atoms with Gasteiger partial charge in [-0.05, 0) is 67.7 Å². The molecule has 30 heavy (non-hydrogen) atoms. The number of nitrogens with zero attached hydrogens (tertiary/aromatic N) is 5. The maximum Gasteiger partial charge on any atom is 0.155 e. The van der Waals surface area contributed by atoms with Crippen LogP contribution in [0.3, 0.4) is 0 Å². The van der Waals surface area contributed by atoms with Crippen LogP contribution in [0.1, 0.15) is 41.9 Å². The van der Waals surface area contributed by atoms with Crippen molar-refractivity contribution in [2.24, 2.45) is 5.41 Å². The molecule has 6 rings (SSSR count). The Hall–Kier alpha value is -2.73. The van der Waals surface area contributed by atoms with Gasteiger partial charge in [0.25, 0.3) is 0 Å². The second-order valence-corrected chi connectivity index (χ2v) is 9.00. The first-order valence-corrected chi connectivity index (χ1v) is 11.0. The van der Waals surface area contributed by atoms with Gasteiger partial charge < -0.3 is 9.64 Å². The van der Waals surface area contributed by atoms with Crippen molar-refractivity contribution in [3.8, 4) is 0 Å². The van der Waals surface area contributed by atoms with Crippen molar-refractivity contribution >= 4 is 16.9 Å². The number of hydrogen-bond donors (Lipinski definition) is 0. The van der Waals surface area contributed by atoms with Crippen LogP contribution in [0, 0.1) is 12.3 Å². The van der Waals surface area contributed by atoms with Crippen LogP contribution in [0.5, 0.6) is 0 Å². The van der Waals surface area contributed by atoms with E-state index in [0.29, 0.717) is 12.0 Å². The van der Waals surface area contributed by atoms with Gasteiger partial charge in [0.15, 0.2) is 5.82 Å². The first-order chi connectivity index (χ1) is 14.7. The molecule has 3 aromatic rings. The van der Waals surface area contributed by atoms with E-state index in [1.165, 1.54) is 36.1 Å². The summed E-state index contributed by atoms with van der Waals surface area (Å²) < 4.78 is 7.60. The molecule has 0 radical (unpaired) electrons. The zero-order valence-electron chi connectivity index (χ0n) is 17.5. The molecule has 2 aliphatic heterocycles. The highest BCUT2D eigenvalue weighted by Gasteiger charge is 2.41. The third kappa shape index (κ3) is 2.85. The van der Waals surface area contributed by atoms with Crippen LogP contribution in [0.2, 0.25) is 0 Å². The summed E-state index contributed by atoms with van der Waals surface area (Å²) in [5, 5.41) is 4.67. The number of aryl methyl sites for hydroxylation is 1. The molecule has 6 nitrogen and oxygen atoms in total. The van der Waals surface area contributed by atoms with Gasteiger partial charge in [-0.3, -0.25) is 4.98 Å². The SMILES string of the molecule is Cc1nc(N2CCC3(CC2)Cc2cccnc2C3)c2ccnn2c1C1=CCOCC1. The number of hydrogen-bond acceptors (Lipinski definition) is 5. The summed E-state index contributed by atoms with van der Waals surface area (Å²) in [6.45, 7) is 5.63. The van der Waals surface area contributed by atoms with Crippen molar-refractivity contribution in [3.05, 3.63) is 59.3 Å². The molecule has 0 atom stereocenters. The molecule has 1 spiro atoms. The van der Waals surface area contributed by atoms with Crippen molar-refractivity contribution in [1.82, 2.24) is 19.6 Å². The molecule has 0 amide bonds. The molecule has 3 aliphatic rings. The van der Waals surface area contributed by atoms with Crippen LogP contribution in [-0.4, -0.2) is 45.9 Å². The topological polar surface area (TPSA) is 55.6 Å². The van der Waals surface area contributed by atoms with Crippen LogP contribution in [0.25, 0.3) is 11.1 Å². The fourth-order valence-electron chi connectivity index (χ4n) is 5.58. The minimum Gasteiger partial charge on any atom is -0.377 e. The molecule has 0 saturated carbocycles. The highest BCUT2D eigenvalue weighted by molar-refractivity contribution is 5.75. The van der Waals surface area contributed by atoms with E-state index in [-0.39, 0.29) is 0 Å². The Bertz CT molecular complexity index is 1110. The Labute approximate surface area is 176 Å². The van der Waals surface area contributed by atoms with E-state index in [2.05, 4.69) is 50.7 Å². The summed E-state index contributed by atoms with van der Waals surface area (Å²) in [5.41, 5.74) is 7.72. The zero-order chi connectivity index (χ0) is 20.1.